The Balaban J connectivity index is 1.97. The molecule has 0 saturated heterocycles. The van der Waals surface area contributed by atoms with E-state index < -0.39 is 12.0 Å². The topological polar surface area (TPSA) is 81.4 Å². The second-order valence-electron chi connectivity index (χ2n) is 5.01. The predicted octanol–water partition coefficient (Wildman–Crippen LogP) is 2.50. The first-order valence-corrected chi connectivity index (χ1v) is 6.90. The molecule has 5 nitrogen and oxygen atoms in total. The zero-order valence-corrected chi connectivity index (χ0v) is 12.5. The molecule has 2 amide bonds. The molecule has 0 aromatic heterocycles. The summed E-state index contributed by atoms with van der Waals surface area (Å²) in [6.45, 7) is 3.61. The van der Waals surface area contributed by atoms with Crippen molar-refractivity contribution < 1.29 is 14.3 Å². The van der Waals surface area contributed by atoms with E-state index in [1.165, 1.54) is 0 Å². The Bertz CT molecular complexity index is 681. The van der Waals surface area contributed by atoms with Crippen molar-refractivity contribution in [3.63, 3.8) is 0 Å². The van der Waals surface area contributed by atoms with Crippen molar-refractivity contribution in [2.75, 3.05) is 5.32 Å². The summed E-state index contributed by atoms with van der Waals surface area (Å²) in [5.74, 6) is -0.252. The second kappa shape index (κ2) is 6.76. The number of benzene rings is 2. The Hall–Kier alpha value is -2.82. The van der Waals surface area contributed by atoms with Crippen LogP contribution in [0.3, 0.4) is 0 Å². The van der Waals surface area contributed by atoms with Gasteiger partial charge in [-0.15, -0.1) is 0 Å². The highest BCUT2D eigenvalue weighted by Crippen LogP contribution is 2.15. The van der Waals surface area contributed by atoms with Crippen LogP contribution < -0.4 is 15.8 Å². The number of carbonyl (C=O) groups is 2. The van der Waals surface area contributed by atoms with Crippen LogP contribution in [0.1, 0.15) is 22.8 Å². The lowest BCUT2D eigenvalue weighted by molar-refractivity contribution is -0.122. The van der Waals surface area contributed by atoms with Gasteiger partial charge in [0.1, 0.15) is 5.75 Å². The molecule has 2 aromatic carbocycles. The van der Waals surface area contributed by atoms with Gasteiger partial charge in [-0.25, -0.2) is 0 Å². The van der Waals surface area contributed by atoms with Crippen LogP contribution in [-0.4, -0.2) is 17.9 Å². The average molecular weight is 298 g/mol. The molecular formula is C17H18N2O3. The molecular weight excluding hydrogens is 280 g/mol. The summed E-state index contributed by atoms with van der Waals surface area (Å²) in [5.41, 5.74) is 7.35. The SMILES string of the molecule is Cc1cccc(NC(=O)[C@H](C)Oc2ccc(C(N)=O)cc2)c1. The highest BCUT2D eigenvalue weighted by atomic mass is 16.5. The Morgan fingerprint density at radius 3 is 2.41 bits per heavy atom. The molecule has 5 heteroatoms. The van der Waals surface area contributed by atoms with Crippen molar-refractivity contribution in [3.05, 3.63) is 59.7 Å². The second-order valence-corrected chi connectivity index (χ2v) is 5.01. The van der Waals surface area contributed by atoms with Crippen LogP contribution in [0.5, 0.6) is 5.75 Å². The fraction of sp³-hybridized carbons (Fsp3) is 0.176. The number of anilines is 1. The molecule has 2 aromatic rings. The zero-order valence-electron chi connectivity index (χ0n) is 12.5. The van der Waals surface area contributed by atoms with E-state index >= 15 is 0 Å². The maximum absolute atomic E-state index is 12.1. The van der Waals surface area contributed by atoms with Crippen molar-refractivity contribution in [1.82, 2.24) is 0 Å². The molecule has 0 aliphatic carbocycles. The molecule has 1 atom stereocenters. The van der Waals surface area contributed by atoms with Gasteiger partial charge in [-0.1, -0.05) is 12.1 Å². The van der Waals surface area contributed by atoms with Crippen LogP contribution in [0.25, 0.3) is 0 Å². The molecule has 2 rings (SSSR count). The summed E-state index contributed by atoms with van der Waals surface area (Å²) in [6, 6.07) is 13.9. The molecule has 0 heterocycles. The molecule has 22 heavy (non-hydrogen) atoms. The van der Waals surface area contributed by atoms with Gasteiger partial charge in [-0.2, -0.15) is 0 Å². The molecule has 0 aliphatic rings. The Kier molecular flexibility index (Phi) is 4.78. The fourth-order valence-electron chi connectivity index (χ4n) is 1.92. The standard InChI is InChI=1S/C17H18N2O3/c1-11-4-3-5-14(10-11)19-17(21)12(2)22-15-8-6-13(7-9-15)16(18)20/h3-10,12H,1-2H3,(H2,18,20)(H,19,21)/t12-/m0/s1. The maximum Gasteiger partial charge on any atom is 0.265 e. The van der Waals surface area contributed by atoms with E-state index in [1.54, 1.807) is 31.2 Å². The first kappa shape index (κ1) is 15.6. The van der Waals surface area contributed by atoms with Gasteiger partial charge < -0.3 is 15.8 Å². The quantitative estimate of drug-likeness (QED) is 0.889. The lowest BCUT2D eigenvalue weighted by Gasteiger charge is -2.15. The van der Waals surface area contributed by atoms with E-state index in [0.717, 1.165) is 11.3 Å². The largest absolute Gasteiger partial charge is 0.481 e. The molecule has 0 radical (unpaired) electrons. The van der Waals surface area contributed by atoms with E-state index in [2.05, 4.69) is 5.32 Å². The first-order chi connectivity index (χ1) is 10.5. The smallest absolute Gasteiger partial charge is 0.265 e. The van der Waals surface area contributed by atoms with Gasteiger partial charge in [-0.3, -0.25) is 9.59 Å². The minimum Gasteiger partial charge on any atom is -0.481 e. The van der Waals surface area contributed by atoms with E-state index in [4.69, 9.17) is 10.5 Å². The van der Waals surface area contributed by atoms with Gasteiger partial charge >= 0.3 is 0 Å². The van der Waals surface area contributed by atoms with E-state index in [-0.39, 0.29) is 5.91 Å². The summed E-state index contributed by atoms with van der Waals surface area (Å²) in [6.07, 6.45) is -0.667. The van der Waals surface area contributed by atoms with Crippen molar-refractivity contribution >= 4 is 17.5 Å². The highest BCUT2D eigenvalue weighted by Gasteiger charge is 2.15. The summed E-state index contributed by atoms with van der Waals surface area (Å²) >= 11 is 0. The lowest BCUT2D eigenvalue weighted by atomic mass is 10.2. The first-order valence-electron chi connectivity index (χ1n) is 6.90. The van der Waals surface area contributed by atoms with E-state index in [9.17, 15) is 9.59 Å². The molecule has 0 aliphatic heterocycles. The van der Waals surface area contributed by atoms with Crippen molar-refractivity contribution in [1.29, 1.82) is 0 Å². The molecule has 0 bridgehead atoms. The lowest BCUT2D eigenvalue weighted by Crippen LogP contribution is -2.30. The molecule has 0 fully saturated rings. The number of carbonyl (C=O) groups excluding carboxylic acids is 2. The third-order valence-electron chi connectivity index (χ3n) is 3.11. The number of rotatable bonds is 5. The third kappa shape index (κ3) is 4.09. The van der Waals surface area contributed by atoms with Crippen LogP contribution in [0.2, 0.25) is 0 Å². The summed E-state index contributed by atoms with van der Waals surface area (Å²) in [7, 11) is 0. The van der Waals surface area contributed by atoms with Gasteiger partial charge in [0, 0.05) is 11.3 Å². The average Bonchev–Trinajstić information content (AvgIpc) is 2.47. The number of hydrogen-bond donors (Lipinski definition) is 2. The van der Waals surface area contributed by atoms with Crippen molar-refractivity contribution in [2.45, 2.75) is 20.0 Å². The Labute approximate surface area is 129 Å². The fourth-order valence-corrected chi connectivity index (χ4v) is 1.92. The van der Waals surface area contributed by atoms with Crippen LogP contribution in [-0.2, 0) is 4.79 Å². The number of hydrogen-bond acceptors (Lipinski definition) is 3. The Morgan fingerprint density at radius 1 is 1.14 bits per heavy atom. The number of primary amides is 1. The van der Waals surface area contributed by atoms with Crippen LogP contribution >= 0.6 is 0 Å². The predicted molar refractivity (Wildman–Crippen MR) is 84.9 cm³/mol. The Morgan fingerprint density at radius 2 is 1.82 bits per heavy atom. The summed E-state index contributed by atoms with van der Waals surface area (Å²) < 4.78 is 5.55. The molecule has 3 N–H and O–H groups in total. The number of aryl methyl sites for hydroxylation is 1. The van der Waals surface area contributed by atoms with Crippen molar-refractivity contribution in [3.8, 4) is 5.75 Å². The molecule has 114 valence electrons. The van der Waals surface area contributed by atoms with E-state index in [0.29, 0.717) is 11.3 Å². The summed E-state index contributed by atoms with van der Waals surface area (Å²) in [5, 5.41) is 2.79. The van der Waals surface area contributed by atoms with Gasteiger partial charge in [0.25, 0.3) is 5.91 Å². The number of amides is 2. The number of ether oxygens (including phenoxy) is 1. The van der Waals surface area contributed by atoms with Crippen molar-refractivity contribution in [2.24, 2.45) is 5.73 Å². The molecule has 0 saturated carbocycles. The highest BCUT2D eigenvalue weighted by molar-refractivity contribution is 5.94. The minimum atomic E-state index is -0.667. The maximum atomic E-state index is 12.1. The van der Waals surface area contributed by atoms with E-state index in [1.807, 2.05) is 31.2 Å². The molecule has 0 spiro atoms. The summed E-state index contributed by atoms with van der Waals surface area (Å²) in [4.78, 5) is 23.1. The zero-order chi connectivity index (χ0) is 16.1. The van der Waals surface area contributed by atoms with Crippen LogP contribution in [0.4, 0.5) is 5.69 Å². The van der Waals surface area contributed by atoms with Crippen LogP contribution in [0, 0.1) is 6.92 Å². The minimum absolute atomic E-state index is 0.246. The van der Waals surface area contributed by atoms with Gasteiger partial charge in [0.15, 0.2) is 6.10 Å². The van der Waals surface area contributed by atoms with Gasteiger partial charge in [0.2, 0.25) is 5.91 Å². The van der Waals surface area contributed by atoms with Gasteiger partial charge in [0.05, 0.1) is 0 Å². The normalized spacial score (nSPS) is 11.5. The van der Waals surface area contributed by atoms with Crippen LogP contribution in [0.15, 0.2) is 48.5 Å². The third-order valence-corrected chi connectivity index (χ3v) is 3.11. The number of nitrogens with two attached hydrogens (primary N) is 1. The monoisotopic (exact) mass is 298 g/mol. The van der Waals surface area contributed by atoms with Gasteiger partial charge in [-0.05, 0) is 55.8 Å². The number of nitrogens with one attached hydrogen (secondary N) is 1. The molecule has 0 unspecified atom stereocenters.